The third-order valence-electron chi connectivity index (χ3n) is 3.46. The molecule has 0 fully saturated rings. The van der Waals surface area contributed by atoms with Gasteiger partial charge in [-0.1, -0.05) is 19.1 Å². The minimum atomic E-state index is -0.717. The van der Waals surface area contributed by atoms with Crippen molar-refractivity contribution in [2.75, 3.05) is 12.4 Å². The smallest absolute Gasteiger partial charge is 0.328 e. The van der Waals surface area contributed by atoms with Gasteiger partial charge in [-0.25, -0.2) is 4.79 Å². The molecule has 20 heavy (non-hydrogen) atoms. The second-order valence-electron chi connectivity index (χ2n) is 5.19. The van der Waals surface area contributed by atoms with Crippen molar-refractivity contribution in [2.45, 2.75) is 38.6 Å². The van der Waals surface area contributed by atoms with Crippen molar-refractivity contribution in [3.05, 3.63) is 29.8 Å². The van der Waals surface area contributed by atoms with Gasteiger partial charge < -0.3 is 15.8 Å². The van der Waals surface area contributed by atoms with Crippen molar-refractivity contribution >= 4 is 17.6 Å². The summed E-state index contributed by atoms with van der Waals surface area (Å²) in [5.41, 5.74) is 6.30. The van der Waals surface area contributed by atoms with Crippen LogP contribution in [0, 0.1) is 0 Å². The molecule has 0 aromatic heterocycles. The number of anilines is 1. The predicted octanol–water partition coefficient (Wildman–Crippen LogP) is 1.81. The van der Waals surface area contributed by atoms with Gasteiger partial charge in [0.05, 0.1) is 12.5 Å². The number of primary amides is 1. The maximum absolute atomic E-state index is 11.5. The highest BCUT2D eigenvalue weighted by molar-refractivity contribution is 5.86. The number of hydrogen-bond donors (Lipinski definition) is 2. The van der Waals surface area contributed by atoms with Gasteiger partial charge in [0.25, 0.3) is 0 Å². The third kappa shape index (κ3) is 3.50. The fourth-order valence-corrected chi connectivity index (χ4v) is 1.80. The minimum Gasteiger partial charge on any atom is -0.467 e. The first-order chi connectivity index (χ1) is 9.32. The van der Waals surface area contributed by atoms with Crippen molar-refractivity contribution in [3.8, 4) is 0 Å². The quantitative estimate of drug-likeness (QED) is 0.778. The molecule has 0 heterocycles. The van der Waals surface area contributed by atoms with Crippen LogP contribution in [-0.4, -0.2) is 25.0 Å². The van der Waals surface area contributed by atoms with E-state index < -0.39 is 5.41 Å². The predicted molar refractivity (Wildman–Crippen MR) is 78.4 cm³/mol. The van der Waals surface area contributed by atoms with Crippen LogP contribution in [0.1, 0.15) is 32.8 Å². The zero-order chi connectivity index (χ0) is 15.3. The summed E-state index contributed by atoms with van der Waals surface area (Å²) >= 11 is 0. The largest absolute Gasteiger partial charge is 0.467 e. The lowest BCUT2D eigenvalue weighted by Crippen LogP contribution is -2.35. The number of nitrogens with two attached hydrogens (primary N) is 1. The fraction of sp³-hybridized carbons (Fsp3) is 0.467. The lowest BCUT2D eigenvalue weighted by molar-refractivity contribution is -0.141. The number of esters is 1. The van der Waals surface area contributed by atoms with Gasteiger partial charge in [-0.3, -0.25) is 4.79 Å². The average Bonchev–Trinajstić information content (AvgIpc) is 2.44. The van der Waals surface area contributed by atoms with Crippen molar-refractivity contribution in [2.24, 2.45) is 5.73 Å². The Hall–Kier alpha value is -2.04. The molecule has 1 aromatic carbocycles. The molecule has 110 valence electrons. The maximum atomic E-state index is 11.5. The number of carbonyl (C=O) groups excluding carboxylic acids is 2. The molecule has 1 amide bonds. The zero-order valence-electron chi connectivity index (χ0n) is 12.4. The summed E-state index contributed by atoms with van der Waals surface area (Å²) in [4.78, 5) is 22.9. The van der Waals surface area contributed by atoms with Crippen LogP contribution in [0.4, 0.5) is 5.69 Å². The first-order valence-corrected chi connectivity index (χ1v) is 6.57. The Morgan fingerprint density at radius 2 is 1.85 bits per heavy atom. The Labute approximate surface area is 119 Å². The van der Waals surface area contributed by atoms with Crippen LogP contribution in [0.15, 0.2) is 24.3 Å². The number of nitrogens with one attached hydrogen (secondary N) is 1. The molecular formula is C15H22N2O3. The Bertz CT molecular complexity index is 480. The number of amides is 1. The molecule has 0 saturated heterocycles. The van der Waals surface area contributed by atoms with E-state index in [0.717, 1.165) is 11.3 Å². The number of rotatable bonds is 6. The SMILES string of the molecule is CC[C@H](Nc1ccc(C(C)(C)C(N)=O)cc1)C(=O)OC. The Morgan fingerprint density at radius 3 is 2.25 bits per heavy atom. The van der Waals surface area contributed by atoms with Gasteiger partial charge >= 0.3 is 5.97 Å². The standard InChI is InChI=1S/C15H22N2O3/c1-5-12(13(18)20-4)17-11-8-6-10(7-9-11)15(2,3)14(16)19/h6-9,12,17H,5H2,1-4H3,(H2,16,19)/t12-/m0/s1. The molecule has 1 atom stereocenters. The number of methoxy groups -OCH3 is 1. The molecule has 0 aliphatic heterocycles. The van der Waals surface area contributed by atoms with E-state index in [2.05, 4.69) is 5.32 Å². The summed E-state index contributed by atoms with van der Waals surface area (Å²) in [5.74, 6) is -0.673. The first kappa shape index (κ1) is 16.0. The molecule has 0 unspecified atom stereocenters. The molecule has 1 aromatic rings. The summed E-state index contributed by atoms with van der Waals surface area (Å²) < 4.78 is 4.72. The van der Waals surface area contributed by atoms with Crippen LogP contribution >= 0.6 is 0 Å². The van der Waals surface area contributed by atoms with E-state index in [1.165, 1.54) is 7.11 Å². The molecule has 3 N–H and O–H groups in total. The minimum absolute atomic E-state index is 0.297. The Kier molecular flexibility index (Phi) is 5.13. The highest BCUT2D eigenvalue weighted by Gasteiger charge is 2.27. The van der Waals surface area contributed by atoms with Crippen LogP contribution in [-0.2, 0) is 19.7 Å². The van der Waals surface area contributed by atoms with Gasteiger partial charge in [0.2, 0.25) is 5.91 Å². The number of carbonyl (C=O) groups is 2. The second kappa shape index (κ2) is 6.41. The summed E-state index contributed by atoms with van der Waals surface area (Å²) in [6, 6.07) is 6.93. The normalized spacial score (nSPS) is 12.6. The van der Waals surface area contributed by atoms with Crippen molar-refractivity contribution in [1.82, 2.24) is 0 Å². The molecule has 1 rings (SSSR count). The molecule has 0 aliphatic carbocycles. The van der Waals surface area contributed by atoms with E-state index in [9.17, 15) is 9.59 Å². The van der Waals surface area contributed by atoms with Gasteiger partial charge in [0.15, 0.2) is 0 Å². The summed E-state index contributed by atoms with van der Waals surface area (Å²) in [6.07, 6.45) is 0.626. The first-order valence-electron chi connectivity index (χ1n) is 6.57. The van der Waals surface area contributed by atoms with E-state index >= 15 is 0 Å². The highest BCUT2D eigenvalue weighted by atomic mass is 16.5. The maximum Gasteiger partial charge on any atom is 0.328 e. The van der Waals surface area contributed by atoms with Gasteiger partial charge in [-0.05, 0) is 38.0 Å². The lowest BCUT2D eigenvalue weighted by atomic mass is 9.84. The van der Waals surface area contributed by atoms with Crippen LogP contribution in [0.25, 0.3) is 0 Å². The molecule has 0 bridgehead atoms. The lowest BCUT2D eigenvalue weighted by Gasteiger charge is -2.22. The van der Waals surface area contributed by atoms with E-state index in [1.54, 1.807) is 13.8 Å². The van der Waals surface area contributed by atoms with Crippen molar-refractivity contribution < 1.29 is 14.3 Å². The van der Waals surface area contributed by atoms with Crippen LogP contribution in [0.5, 0.6) is 0 Å². The molecule has 5 heteroatoms. The van der Waals surface area contributed by atoms with E-state index in [1.807, 2.05) is 31.2 Å². The molecule has 5 nitrogen and oxygen atoms in total. The molecule has 0 spiro atoms. The van der Waals surface area contributed by atoms with Crippen molar-refractivity contribution in [3.63, 3.8) is 0 Å². The summed E-state index contributed by atoms with van der Waals surface area (Å²) in [5, 5.41) is 3.10. The van der Waals surface area contributed by atoms with Crippen LogP contribution in [0.3, 0.4) is 0 Å². The van der Waals surface area contributed by atoms with E-state index in [4.69, 9.17) is 10.5 Å². The van der Waals surface area contributed by atoms with Crippen LogP contribution < -0.4 is 11.1 Å². The second-order valence-corrected chi connectivity index (χ2v) is 5.19. The van der Waals surface area contributed by atoms with Crippen molar-refractivity contribution in [1.29, 1.82) is 0 Å². The Balaban J connectivity index is 2.87. The summed E-state index contributed by atoms with van der Waals surface area (Å²) in [7, 11) is 1.37. The average molecular weight is 278 g/mol. The number of ether oxygens (including phenoxy) is 1. The molecule has 0 saturated carbocycles. The van der Waals surface area contributed by atoms with Gasteiger partial charge in [-0.2, -0.15) is 0 Å². The van der Waals surface area contributed by atoms with Gasteiger partial charge in [-0.15, -0.1) is 0 Å². The summed E-state index contributed by atoms with van der Waals surface area (Å²) in [6.45, 7) is 5.46. The highest BCUT2D eigenvalue weighted by Crippen LogP contribution is 2.24. The Morgan fingerprint density at radius 1 is 1.30 bits per heavy atom. The van der Waals surface area contributed by atoms with Crippen LogP contribution in [0.2, 0.25) is 0 Å². The number of benzene rings is 1. The number of hydrogen-bond acceptors (Lipinski definition) is 4. The molecule has 0 radical (unpaired) electrons. The zero-order valence-corrected chi connectivity index (χ0v) is 12.4. The van der Waals surface area contributed by atoms with Gasteiger partial charge in [0, 0.05) is 5.69 Å². The topological polar surface area (TPSA) is 81.4 Å². The molecule has 0 aliphatic rings. The monoisotopic (exact) mass is 278 g/mol. The fourth-order valence-electron chi connectivity index (χ4n) is 1.80. The van der Waals surface area contributed by atoms with E-state index in [-0.39, 0.29) is 17.9 Å². The van der Waals surface area contributed by atoms with E-state index in [0.29, 0.717) is 6.42 Å². The van der Waals surface area contributed by atoms with Gasteiger partial charge in [0.1, 0.15) is 6.04 Å². The third-order valence-corrected chi connectivity index (χ3v) is 3.46. The molecular weight excluding hydrogens is 256 g/mol.